The van der Waals surface area contributed by atoms with Crippen molar-refractivity contribution in [3.8, 4) is 0 Å². The van der Waals surface area contributed by atoms with Crippen LogP contribution in [0, 0.1) is 0 Å². The highest BCUT2D eigenvalue weighted by Crippen LogP contribution is 2.47. The molecule has 0 amide bonds. The first-order valence-electron chi connectivity index (χ1n) is 9.18. The first kappa shape index (κ1) is 44.7. The minimum Gasteiger partial charge on any atom is -0.255 e. The average molecular weight is 586 g/mol. The van der Waals surface area contributed by atoms with Crippen LogP contribution in [0.3, 0.4) is 0 Å². The molecule has 0 rings (SSSR count). The van der Waals surface area contributed by atoms with Crippen molar-refractivity contribution in [3.05, 3.63) is 0 Å². The standard InChI is InChI=1S/C8H12F6.C5H7F5.C3H3F5.2CH3F/c1-4-6(2,11)8(13,14)7(3,12)5(9)10;1-2-4(7,3-6)5(8,9)10;1-2(4,5)3(6,7)8;2*1-2/h5H,4H2,1-3H3;2-3H2,1H3;1H3;2*1H3. The fourth-order valence-electron chi connectivity index (χ4n) is 1.24. The van der Waals surface area contributed by atoms with Crippen molar-refractivity contribution in [2.24, 2.45) is 0 Å². The SMILES string of the molecule is CC(F)(F)C(F)(F)F.CCC(C)(F)C(F)(F)C(C)(F)C(F)F.CCC(F)(CF)C(F)(F)F.CF.CF. The topological polar surface area (TPSA) is 0 Å². The van der Waals surface area contributed by atoms with Gasteiger partial charge in [-0.15, -0.1) is 0 Å². The third kappa shape index (κ3) is 13.3. The molecule has 3 unspecified atom stereocenters. The van der Waals surface area contributed by atoms with Gasteiger partial charge in [0, 0.05) is 6.92 Å². The van der Waals surface area contributed by atoms with Gasteiger partial charge in [0.25, 0.3) is 6.43 Å². The normalized spacial score (nSPS) is 17.2. The van der Waals surface area contributed by atoms with Crippen molar-refractivity contribution in [1.82, 2.24) is 0 Å². The van der Waals surface area contributed by atoms with Gasteiger partial charge in [0.1, 0.15) is 6.67 Å². The zero-order valence-corrected chi connectivity index (χ0v) is 20.0. The Hall–Kier alpha value is -1.26. The molecule has 0 radical (unpaired) electrons. The molecule has 0 aliphatic rings. The van der Waals surface area contributed by atoms with Crippen molar-refractivity contribution in [2.45, 2.75) is 95.1 Å². The van der Waals surface area contributed by atoms with Gasteiger partial charge in [-0.2, -0.15) is 43.9 Å². The van der Waals surface area contributed by atoms with Crippen LogP contribution in [-0.2, 0) is 0 Å². The van der Waals surface area contributed by atoms with Gasteiger partial charge in [-0.3, -0.25) is 8.78 Å². The maximum absolute atomic E-state index is 13.1. The van der Waals surface area contributed by atoms with Gasteiger partial charge in [0.05, 0.1) is 14.4 Å². The predicted molar refractivity (Wildman–Crippen MR) is 97.2 cm³/mol. The molecule has 0 saturated heterocycles. The van der Waals surface area contributed by atoms with E-state index < -0.39 is 67.1 Å². The molecule has 18 heteroatoms. The van der Waals surface area contributed by atoms with Gasteiger partial charge in [0.15, 0.2) is 5.67 Å². The Morgan fingerprint density at radius 2 is 0.833 bits per heavy atom. The van der Waals surface area contributed by atoms with E-state index in [2.05, 4.69) is 0 Å². The Morgan fingerprint density at radius 1 is 0.556 bits per heavy atom. The van der Waals surface area contributed by atoms with Gasteiger partial charge < -0.3 is 0 Å². The maximum Gasteiger partial charge on any atom is 0.452 e. The number of hydrogen-bond donors (Lipinski definition) is 0. The third-order valence-corrected chi connectivity index (χ3v) is 4.12. The summed E-state index contributed by atoms with van der Waals surface area (Å²) in [5, 5.41) is 0. The average Bonchev–Trinajstić information content (AvgIpc) is 2.74. The summed E-state index contributed by atoms with van der Waals surface area (Å²) in [7, 11) is 1.00. The Kier molecular flexibility index (Phi) is 20.6. The van der Waals surface area contributed by atoms with Crippen LogP contribution < -0.4 is 0 Å². The van der Waals surface area contributed by atoms with E-state index in [4.69, 9.17) is 0 Å². The second kappa shape index (κ2) is 16.6. The highest BCUT2D eigenvalue weighted by molar-refractivity contribution is 5.03. The summed E-state index contributed by atoms with van der Waals surface area (Å²) in [6.07, 6.45) is -16.0. The van der Waals surface area contributed by atoms with Crippen LogP contribution in [-0.4, -0.2) is 68.7 Å². The minimum atomic E-state index is -5.40. The van der Waals surface area contributed by atoms with Crippen molar-refractivity contribution < 1.29 is 79.0 Å². The highest BCUT2D eigenvalue weighted by Gasteiger charge is 2.67. The van der Waals surface area contributed by atoms with Crippen LogP contribution in [0.5, 0.6) is 0 Å². The number of hydrogen-bond acceptors (Lipinski definition) is 0. The lowest BCUT2D eigenvalue weighted by molar-refractivity contribution is -0.273. The largest absolute Gasteiger partial charge is 0.452 e. The van der Waals surface area contributed by atoms with E-state index >= 15 is 0 Å². The van der Waals surface area contributed by atoms with Crippen LogP contribution in [0.1, 0.15) is 47.5 Å². The van der Waals surface area contributed by atoms with E-state index in [1.165, 1.54) is 0 Å². The summed E-state index contributed by atoms with van der Waals surface area (Å²) in [5.41, 5.74) is -11.1. The third-order valence-electron chi connectivity index (χ3n) is 4.12. The fourth-order valence-corrected chi connectivity index (χ4v) is 1.24. The van der Waals surface area contributed by atoms with Crippen molar-refractivity contribution in [1.29, 1.82) is 0 Å². The number of alkyl halides is 18. The monoisotopic (exact) mass is 586 g/mol. The lowest BCUT2D eigenvalue weighted by Crippen LogP contribution is -2.58. The minimum absolute atomic E-state index is 0.00512. The number of halogens is 18. The summed E-state index contributed by atoms with van der Waals surface area (Å²) in [6.45, 7) is 0.209. The molecular formula is C18H28F18. The second-order valence-electron chi connectivity index (χ2n) is 6.84. The molecule has 0 N–H and O–H groups in total. The van der Waals surface area contributed by atoms with E-state index in [1.807, 2.05) is 0 Å². The highest BCUT2D eigenvalue weighted by atomic mass is 19.4. The molecule has 0 bridgehead atoms. The zero-order valence-electron chi connectivity index (χ0n) is 20.0. The lowest BCUT2D eigenvalue weighted by atomic mass is 9.85. The summed E-state index contributed by atoms with van der Waals surface area (Å²) in [6, 6.07) is 0. The molecule has 36 heavy (non-hydrogen) atoms. The molecular weight excluding hydrogens is 558 g/mol. The smallest absolute Gasteiger partial charge is 0.255 e. The van der Waals surface area contributed by atoms with Crippen LogP contribution in [0.2, 0.25) is 0 Å². The molecule has 226 valence electrons. The molecule has 0 heterocycles. The molecule has 0 fully saturated rings. The predicted octanol–water partition coefficient (Wildman–Crippen LogP) is 9.76. The zero-order chi connectivity index (χ0) is 31.2. The Bertz CT molecular complexity index is 512. The van der Waals surface area contributed by atoms with Crippen molar-refractivity contribution in [3.63, 3.8) is 0 Å². The Morgan fingerprint density at radius 3 is 0.917 bits per heavy atom. The molecule has 0 spiro atoms. The lowest BCUT2D eigenvalue weighted by Gasteiger charge is -2.37. The first-order chi connectivity index (χ1) is 15.6. The van der Waals surface area contributed by atoms with Crippen molar-refractivity contribution in [2.75, 3.05) is 21.0 Å². The van der Waals surface area contributed by atoms with Crippen LogP contribution >= 0.6 is 0 Å². The van der Waals surface area contributed by atoms with Gasteiger partial charge in [-0.05, 0) is 26.7 Å². The molecule has 0 aliphatic carbocycles. The summed E-state index contributed by atoms with van der Waals surface area (Å²) in [5.74, 6) is -9.28. The molecule has 0 saturated carbocycles. The van der Waals surface area contributed by atoms with Gasteiger partial charge in [0.2, 0.25) is 11.3 Å². The van der Waals surface area contributed by atoms with Crippen LogP contribution in [0.4, 0.5) is 79.0 Å². The molecule has 0 aromatic rings. The van der Waals surface area contributed by atoms with Gasteiger partial charge in [-0.1, -0.05) is 13.8 Å². The summed E-state index contributed by atoms with van der Waals surface area (Å²) >= 11 is 0. The van der Waals surface area contributed by atoms with Gasteiger partial charge in [-0.25, -0.2) is 26.3 Å². The number of rotatable bonds is 6. The quantitative estimate of drug-likeness (QED) is 0.272. The van der Waals surface area contributed by atoms with Gasteiger partial charge >= 0.3 is 24.2 Å². The maximum atomic E-state index is 13.1. The van der Waals surface area contributed by atoms with E-state index in [0.717, 1.165) is 13.8 Å². The van der Waals surface area contributed by atoms with E-state index in [0.29, 0.717) is 21.3 Å². The van der Waals surface area contributed by atoms with E-state index in [-0.39, 0.29) is 13.8 Å². The van der Waals surface area contributed by atoms with Crippen LogP contribution in [0.15, 0.2) is 0 Å². The molecule has 0 aromatic carbocycles. The molecule has 0 aliphatic heterocycles. The van der Waals surface area contributed by atoms with E-state index in [9.17, 15) is 79.0 Å². The first-order valence-corrected chi connectivity index (χ1v) is 9.18. The van der Waals surface area contributed by atoms with Crippen LogP contribution in [0.25, 0.3) is 0 Å². The van der Waals surface area contributed by atoms with Crippen molar-refractivity contribution >= 4 is 0 Å². The molecule has 0 nitrogen and oxygen atoms in total. The fraction of sp³-hybridized carbons (Fsp3) is 1.00. The van der Waals surface area contributed by atoms with E-state index in [1.54, 1.807) is 0 Å². The molecule has 3 atom stereocenters. The summed E-state index contributed by atoms with van der Waals surface area (Å²) < 4.78 is 208. The molecule has 0 aromatic heterocycles. The summed E-state index contributed by atoms with van der Waals surface area (Å²) in [4.78, 5) is 0. The Labute approximate surface area is 196 Å². The second-order valence-corrected chi connectivity index (χ2v) is 6.84. The Balaban J connectivity index is -0.000000129.